The molecule has 0 spiro atoms. The predicted octanol–water partition coefficient (Wildman–Crippen LogP) is 2.82. The zero-order chi connectivity index (χ0) is 15.4. The van der Waals surface area contributed by atoms with E-state index in [2.05, 4.69) is 17.3 Å². The fourth-order valence-corrected chi connectivity index (χ4v) is 2.47. The van der Waals surface area contributed by atoms with Crippen molar-refractivity contribution in [3.05, 3.63) is 57.4 Å². The lowest BCUT2D eigenvalue weighted by molar-refractivity contribution is -0.385. The van der Waals surface area contributed by atoms with E-state index in [9.17, 15) is 10.1 Å². The molecule has 1 aromatic heterocycles. The first-order valence-electron chi connectivity index (χ1n) is 6.99. The normalized spacial score (nSPS) is 12.3. The van der Waals surface area contributed by atoms with Gasteiger partial charge >= 0.3 is 0 Å². The van der Waals surface area contributed by atoms with Crippen molar-refractivity contribution in [1.29, 1.82) is 0 Å². The van der Waals surface area contributed by atoms with Crippen LogP contribution in [-0.4, -0.2) is 21.8 Å². The van der Waals surface area contributed by atoms with Gasteiger partial charge in [-0.25, -0.2) is 0 Å². The monoisotopic (exact) mass is 288 g/mol. The minimum absolute atomic E-state index is 0.154. The van der Waals surface area contributed by atoms with Crippen LogP contribution in [0, 0.1) is 17.0 Å². The molecule has 21 heavy (non-hydrogen) atoms. The molecule has 1 unspecified atom stereocenters. The Labute approximate surface area is 123 Å². The number of hydrogen-bond acceptors (Lipinski definition) is 4. The number of benzene rings is 1. The van der Waals surface area contributed by atoms with Crippen LogP contribution in [0.25, 0.3) is 0 Å². The number of nitro benzene ring substituents is 1. The van der Waals surface area contributed by atoms with Gasteiger partial charge in [-0.3, -0.25) is 14.8 Å². The van der Waals surface area contributed by atoms with Crippen molar-refractivity contribution < 1.29 is 4.92 Å². The van der Waals surface area contributed by atoms with Crippen LogP contribution in [0.3, 0.4) is 0 Å². The van der Waals surface area contributed by atoms with Gasteiger partial charge in [0, 0.05) is 29.4 Å². The molecule has 1 N–H and O–H groups in total. The summed E-state index contributed by atoms with van der Waals surface area (Å²) < 4.78 is 1.82. The van der Waals surface area contributed by atoms with Crippen molar-refractivity contribution in [3.8, 4) is 0 Å². The van der Waals surface area contributed by atoms with Gasteiger partial charge in [-0.05, 0) is 26.0 Å². The largest absolute Gasteiger partial charge is 0.313 e. The first-order valence-corrected chi connectivity index (χ1v) is 6.99. The van der Waals surface area contributed by atoms with Crippen LogP contribution in [-0.2, 0) is 6.54 Å². The Hall–Kier alpha value is -2.21. The third kappa shape index (κ3) is 3.28. The molecule has 112 valence electrons. The van der Waals surface area contributed by atoms with Crippen LogP contribution in [0.4, 0.5) is 5.69 Å². The molecule has 0 amide bonds. The SMILES string of the molecule is CCC(NC)c1cnn(Cc2cccc([N+](=O)[O-])c2C)c1. The van der Waals surface area contributed by atoms with Crippen molar-refractivity contribution in [3.63, 3.8) is 0 Å². The number of hydrogen-bond donors (Lipinski definition) is 1. The van der Waals surface area contributed by atoms with E-state index in [0.29, 0.717) is 12.1 Å². The number of nitro groups is 1. The summed E-state index contributed by atoms with van der Waals surface area (Å²) in [7, 11) is 1.93. The molecule has 6 nitrogen and oxygen atoms in total. The molecule has 6 heteroatoms. The highest BCUT2D eigenvalue weighted by atomic mass is 16.6. The summed E-state index contributed by atoms with van der Waals surface area (Å²) in [5.41, 5.74) is 2.89. The van der Waals surface area contributed by atoms with Crippen LogP contribution in [0.1, 0.15) is 36.1 Å². The summed E-state index contributed by atoms with van der Waals surface area (Å²) >= 11 is 0. The lowest BCUT2D eigenvalue weighted by Gasteiger charge is -2.10. The standard InChI is InChI=1S/C15H20N4O2/c1-4-14(16-3)13-8-17-18(10-13)9-12-6-5-7-15(11(12)2)19(20)21/h5-8,10,14,16H,4,9H2,1-3H3. The fraction of sp³-hybridized carbons (Fsp3) is 0.400. The fourth-order valence-electron chi connectivity index (χ4n) is 2.47. The molecule has 2 rings (SSSR count). The summed E-state index contributed by atoms with van der Waals surface area (Å²) in [5.74, 6) is 0. The highest BCUT2D eigenvalue weighted by Crippen LogP contribution is 2.22. The second-order valence-corrected chi connectivity index (χ2v) is 5.04. The molecule has 1 atom stereocenters. The van der Waals surface area contributed by atoms with Crippen molar-refractivity contribution in [2.24, 2.45) is 0 Å². The Morgan fingerprint density at radius 3 is 2.86 bits per heavy atom. The van der Waals surface area contributed by atoms with E-state index in [-0.39, 0.29) is 16.7 Å². The molecule has 1 aromatic carbocycles. The van der Waals surface area contributed by atoms with Crippen LogP contribution < -0.4 is 5.32 Å². The highest BCUT2D eigenvalue weighted by Gasteiger charge is 2.14. The Kier molecular flexibility index (Phi) is 4.70. The van der Waals surface area contributed by atoms with Crippen molar-refractivity contribution in [1.82, 2.24) is 15.1 Å². The van der Waals surface area contributed by atoms with Gasteiger partial charge in [0.05, 0.1) is 17.7 Å². The van der Waals surface area contributed by atoms with Gasteiger partial charge < -0.3 is 5.32 Å². The molecule has 0 saturated carbocycles. The summed E-state index contributed by atoms with van der Waals surface area (Å²) in [6.07, 6.45) is 4.82. The molecule has 0 aliphatic carbocycles. The predicted molar refractivity (Wildman–Crippen MR) is 81.3 cm³/mol. The summed E-state index contributed by atoms with van der Waals surface area (Å²) in [4.78, 5) is 10.6. The summed E-state index contributed by atoms with van der Waals surface area (Å²) in [5, 5.41) is 18.6. The molecule has 0 saturated heterocycles. The van der Waals surface area contributed by atoms with Crippen LogP contribution in [0.2, 0.25) is 0 Å². The molecule has 0 radical (unpaired) electrons. The topological polar surface area (TPSA) is 73.0 Å². The van der Waals surface area contributed by atoms with Crippen molar-refractivity contribution in [2.75, 3.05) is 7.05 Å². The lowest BCUT2D eigenvalue weighted by atomic mass is 10.1. The molecule has 0 aliphatic heterocycles. The van der Waals surface area contributed by atoms with Crippen LogP contribution >= 0.6 is 0 Å². The maximum absolute atomic E-state index is 11.0. The van der Waals surface area contributed by atoms with Gasteiger partial charge in [0.1, 0.15) is 0 Å². The quantitative estimate of drug-likeness (QED) is 0.655. The van der Waals surface area contributed by atoms with Gasteiger partial charge in [0.2, 0.25) is 0 Å². The Bertz CT molecular complexity index is 632. The molecule has 1 heterocycles. The van der Waals surface area contributed by atoms with Gasteiger partial charge in [-0.2, -0.15) is 5.10 Å². The van der Waals surface area contributed by atoms with E-state index in [1.807, 2.05) is 30.2 Å². The van der Waals surface area contributed by atoms with E-state index in [1.165, 1.54) is 6.07 Å². The van der Waals surface area contributed by atoms with Gasteiger partial charge in [-0.15, -0.1) is 0 Å². The minimum atomic E-state index is -0.346. The number of aromatic nitrogens is 2. The maximum atomic E-state index is 11.0. The summed E-state index contributed by atoms with van der Waals surface area (Å²) in [6, 6.07) is 5.43. The Morgan fingerprint density at radius 1 is 1.48 bits per heavy atom. The highest BCUT2D eigenvalue weighted by molar-refractivity contribution is 5.44. The molecular formula is C15H20N4O2. The molecule has 0 fully saturated rings. The van der Waals surface area contributed by atoms with E-state index in [1.54, 1.807) is 13.0 Å². The number of nitrogens with one attached hydrogen (secondary N) is 1. The molecule has 2 aromatic rings. The van der Waals surface area contributed by atoms with E-state index in [0.717, 1.165) is 17.5 Å². The zero-order valence-corrected chi connectivity index (χ0v) is 12.5. The van der Waals surface area contributed by atoms with E-state index >= 15 is 0 Å². The van der Waals surface area contributed by atoms with E-state index < -0.39 is 0 Å². The third-order valence-corrected chi connectivity index (χ3v) is 3.76. The van der Waals surface area contributed by atoms with E-state index in [4.69, 9.17) is 0 Å². The number of rotatable bonds is 6. The first kappa shape index (κ1) is 15.2. The third-order valence-electron chi connectivity index (χ3n) is 3.76. The van der Waals surface area contributed by atoms with Gasteiger partial charge in [0.15, 0.2) is 0 Å². The van der Waals surface area contributed by atoms with Crippen LogP contribution in [0.15, 0.2) is 30.6 Å². The maximum Gasteiger partial charge on any atom is 0.272 e. The smallest absolute Gasteiger partial charge is 0.272 e. The van der Waals surface area contributed by atoms with Gasteiger partial charge in [0.25, 0.3) is 5.69 Å². The average molecular weight is 288 g/mol. The second-order valence-electron chi connectivity index (χ2n) is 5.04. The zero-order valence-electron chi connectivity index (χ0n) is 12.5. The molecule has 0 aliphatic rings. The summed E-state index contributed by atoms with van der Waals surface area (Å²) in [6.45, 7) is 4.43. The molecule has 0 bridgehead atoms. The van der Waals surface area contributed by atoms with Crippen molar-refractivity contribution in [2.45, 2.75) is 32.9 Å². The van der Waals surface area contributed by atoms with Crippen molar-refractivity contribution >= 4 is 5.69 Å². The minimum Gasteiger partial charge on any atom is -0.313 e. The van der Waals surface area contributed by atoms with Crippen LogP contribution in [0.5, 0.6) is 0 Å². The molecular weight excluding hydrogens is 268 g/mol. The second kappa shape index (κ2) is 6.49. The number of nitrogens with zero attached hydrogens (tertiary/aromatic N) is 3. The lowest BCUT2D eigenvalue weighted by Crippen LogP contribution is -2.14. The average Bonchev–Trinajstić information content (AvgIpc) is 2.91. The van der Waals surface area contributed by atoms with Gasteiger partial charge in [-0.1, -0.05) is 19.1 Å². The first-order chi connectivity index (χ1) is 10.1. The Morgan fingerprint density at radius 2 is 2.24 bits per heavy atom. The Balaban J connectivity index is 2.23.